The van der Waals surface area contributed by atoms with Crippen LogP contribution in [0.2, 0.25) is 0 Å². The molecule has 0 saturated carbocycles. The van der Waals surface area contributed by atoms with Gasteiger partial charge in [0.15, 0.2) is 0 Å². The number of pyridine rings is 1. The van der Waals surface area contributed by atoms with Gasteiger partial charge >= 0.3 is 0 Å². The monoisotopic (exact) mass is 285 g/mol. The third-order valence-corrected chi connectivity index (χ3v) is 4.88. The van der Waals surface area contributed by atoms with Crippen LogP contribution in [0.1, 0.15) is 11.8 Å². The number of nitrogens with zero attached hydrogens (tertiary/aromatic N) is 3. The number of rotatable bonds is 4. The molecule has 2 unspecified atom stereocenters. The molecule has 2 rings (SSSR count). The van der Waals surface area contributed by atoms with Crippen LogP contribution in [0.15, 0.2) is 24.4 Å². The summed E-state index contributed by atoms with van der Waals surface area (Å²) in [6, 6.07) is 5.64. The topological polar surface area (TPSA) is 39.6 Å². The van der Waals surface area contributed by atoms with Gasteiger partial charge in [0.2, 0.25) is 0 Å². The second-order valence-electron chi connectivity index (χ2n) is 4.42. The number of hydrogen-bond acceptors (Lipinski definition) is 4. The van der Waals surface area contributed by atoms with Crippen LogP contribution in [0, 0.1) is 0 Å². The molecule has 0 aliphatic carbocycles. The number of piperazine rings is 1. The molecule has 2 atom stereocenters. The van der Waals surface area contributed by atoms with Crippen LogP contribution in [0.25, 0.3) is 0 Å². The summed E-state index contributed by atoms with van der Waals surface area (Å²) in [5.74, 6) is 0. The minimum absolute atomic E-state index is 0.0505. The first-order chi connectivity index (χ1) is 8.66. The Labute approximate surface area is 115 Å². The normalized spacial score (nSPS) is 21.7. The zero-order valence-electron chi connectivity index (χ0n) is 10.5. The number of aromatic nitrogens is 1. The molecule has 1 aromatic heterocycles. The smallest absolute Gasteiger partial charge is 0.109 e. The highest BCUT2D eigenvalue weighted by atomic mass is 32.8. The summed E-state index contributed by atoms with van der Waals surface area (Å²) < 4.78 is 2.32. The summed E-state index contributed by atoms with van der Waals surface area (Å²) in [7, 11) is -0.0505. The summed E-state index contributed by atoms with van der Waals surface area (Å²) in [5, 5.41) is 10.1. The van der Waals surface area contributed by atoms with Crippen molar-refractivity contribution in [3.8, 4) is 0 Å². The molecule has 6 heteroatoms. The summed E-state index contributed by atoms with van der Waals surface area (Å²) in [6.07, 6.45) is 3.30. The summed E-state index contributed by atoms with van der Waals surface area (Å²) in [5.41, 5.74) is 0.749. The molecule has 1 aliphatic rings. The maximum atomic E-state index is 10.1. The molecule has 0 amide bonds. The van der Waals surface area contributed by atoms with Gasteiger partial charge in [-0.1, -0.05) is 15.7 Å². The maximum absolute atomic E-state index is 10.1. The predicted molar refractivity (Wildman–Crippen MR) is 77.9 cm³/mol. The lowest BCUT2D eigenvalue weighted by atomic mass is 10.2. The Hall–Kier alpha value is -0.400. The Kier molecular flexibility index (Phi) is 5.20. The third kappa shape index (κ3) is 3.80. The van der Waals surface area contributed by atoms with E-state index >= 15 is 0 Å². The minimum atomic E-state index is -0.499. The van der Waals surface area contributed by atoms with E-state index in [4.69, 9.17) is 11.2 Å². The van der Waals surface area contributed by atoms with E-state index in [1.54, 1.807) is 6.20 Å². The standard InChI is InChI=1S/C12H19N3OS2/c1-18(17)15-8-6-14(7-9-15)10-12(16)11-4-2-3-5-13-11/h2-5,12,16H,6-10H2,1H3. The zero-order chi connectivity index (χ0) is 13.0. The van der Waals surface area contributed by atoms with Gasteiger partial charge < -0.3 is 5.11 Å². The van der Waals surface area contributed by atoms with Crippen molar-refractivity contribution >= 4 is 20.8 Å². The Morgan fingerprint density at radius 2 is 2.11 bits per heavy atom. The van der Waals surface area contributed by atoms with Crippen LogP contribution < -0.4 is 0 Å². The Morgan fingerprint density at radius 3 is 2.67 bits per heavy atom. The summed E-state index contributed by atoms with van der Waals surface area (Å²) >= 11 is 5.28. The van der Waals surface area contributed by atoms with E-state index < -0.39 is 6.10 Å². The molecule has 1 saturated heterocycles. The van der Waals surface area contributed by atoms with Crippen molar-refractivity contribution < 1.29 is 5.11 Å². The van der Waals surface area contributed by atoms with Crippen molar-refractivity contribution in [3.05, 3.63) is 30.1 Å². The molecule has 0 spiro atoms. The quantitative estimate of drug-likeness (QED) is 0.865. The first kappa shape index (κ1) is 14.0. The van der Waals surface area contributed by atoms with Crippen LogP contribution in [-0.4, -0.2) is 58.3 Å². The highest BCUT2D eigenvalue weighted by molar-refractivity contribution is 8.27. The van der Waals surface area contributed by atoms with Crippen LogP contribution >= 0.6 is 0 Å². The first-order valence-corrected chi connectivity index (χ1v) is 8.58. The van der Waals surface area contributed by atoms with E-state index in [0.29, 0.717) is 6.54 Å². The lowest BCUT2D eigenvalue weighted by Crippen LogP contribution is -2.47. The van der Waals surface area contributed by atoms with Crippen molar-refractivity contribution in [2.24, 2.45) is 0 Å². The highest BCUT2D eigenvalue weighted by Gasteiger charge is 2.20. The first-order valence-electron chi connectivity index (χ1n) is 6.06. The van der Waals surface area contributed by atoms with Gasteiger partial charge in [-0.05, 0) is 23.3 Å². The summed E-state index contributed by atoms with van der Waals surface area (Å²) in [4.78, 5) is 6.46. The van der Waals surface area contributed by atoms with Crippen molar-refractivity contribution in [1.29, 1.82) is 0 Å². The molecule has 1 N–H and O–H groups in total. The number of aliphatic hydroxyl groups is 1. The fourth-order valence-electron chi connectivity index (χ4n) is 2.08. The molecule has 0 radical (unpaired) electrons. The molecule has 0 bridgehead atoms. The molecule has 2 heterocycles. The van der Waals surface area contributed by atoms with Crippen LogP contribution in [-0.2, 0) is 20.8 Å². The van der Waals surface area contributed by atoms with Gasteiger partial charge in [-0.15, -0.1) is 0 Å². The van der Waals surface area contributed by atoms with Gasteiger partial charge in [0, 0.05) is 45.2 Å². The van der Waals surface area contributed by atoms with Crippen LogP contribution in [0.5, 0.6) is 0 Å². The van der Waals surface area contributed by atoms with Gasteiger partial charge in [0.25, 0.3) is 0 Å². The molecular formula is C12H19N3OS2. The van der Waals surface area contributed by atoms with Gasteiger partial charge in [-0.3, -0.25) is 9.88 Å². The van der Waals surface area contributed by atoms with E-state index in [1.165, 1.54) is 0 Å². The summed E-state index contributed by atoms with van der Waals surface area (Å²) in [6.45, 7) is 4.59. The zero-order valence-corrected chi connectivity index (χ0v) is 12.2. The molecular weight excluding hydrogens is 266 g/mol. The fourth-order valence-corrected chi connectivity index (χ4v) is 3.21. The lowest BCUT2D eigenvalue weighted by Gasteiger charge is -2.35. The molecule has 4 nitrogen and oxygen atoms in total. The maximum Gasteiger partial charge on any atom is 0.109 e. The van der Waals surface area contributed by atoms with E-state index in [0.717, 1.165) is 31.9 Å². The van der Waals surface area contributed by atoms with Crippen LogP contribution in [0.3, 0.4) is 0 Å². The van der Waals surface area contributed by atoms with Crippen molar-refractivity contribution in [2.45, 2.75) is 6.10 Å². The molecule has 0 aromatic carbocycles. The highest BCUT2D eigenvalue weighted by Crippen LogP contribution is 2.13. The molecule has 1 aromatic rings. The van der Waals surface area contributed by atoms with Gasteiger partial charge in [0.1, 0.15) is 6.10 Å². The van der Waals surface area contributed by atoms with E-state index in [2.05, 4.69) is 20.4 Å². The minimum Gasteiger partial charge on any atom is -0.385 e. The van der Waals surface area contributed by atoms with Crippen molar-refractivity contribution in [3.63, 3.8) is 0 Å². The predicted octanol–water partition coefficient (Wildman–Crippen LogP) is 0.358. The van der Waals surface area contributed by atoms with Gasteiger partial charge in [-0.25, -0.2) is 4.31 Å². The molecule has 18 heavy (non-hydrogen) atoms. The average Bonchev–Trinajstić information content (AvgIpc) is 2.40. The number of aliphatic hydroxyl groups excluding tert-OH is 1. The van der Waals surface area contributed by atoms with E-state index in [1.807, 2.05) is 18.2 Å². The van der Waals surface area contributed by atoms with Crippen LogP contribution in [0.4, 0.5) is 0 Å². The lowest BCUT2D eigenvalue weighted by molar-refractivity contribution is 0.0911. The van der Waals surface area contributed by atoms with E-state index in [9.17, 15) is 5.11 Å². The number of β-amino-alcohol motifs (C(OH)–C–C–N with tert-alkyl or cyclic N) is 1. The van der Waals surface area contributed by atoms with Crippen molar-refractivity contribution in [1.82, 2.24) is 14.2 Å². The fraction of sp³-hybridized carbons (Fsp3) is 0.583. The molecule has 1 fully saturated rings. The Morgan fingerprint density at radius 1 is 1.39 bits per heavy atom. The van der Waals surface area contributed by atoms with Gasteiger partial charge in [0.05, 0.1) is 5.69 Å². The number of hydrogen-bond donors (Lipinski definition) is 1. The molecule has 100 valence electrons. The van der Waals surface area contributed by atoms with Gasteiger partial charge in [-0.2, -0.15) is 0 Å². The van der Waals surface area contributed by atoms with Crippen molar-refractivity contribution in [2.75, 3.05) is 39.0 Å². The molecule has 1 aliphatic heterocycles. The third-order valence-electron chi connectivity index (χ3n) is 3.16. The second-order valence-corrected chi connectivity index (χ2v) is 7.23. The second kappa shape index (κ2) is 6.68. The Balaban J connectivity index is 1.83. The Bertz CT molecular complexity index is 394. The SMILES string of the molecule is CS(=S)N1CCN(CC(O)c2ccccn2)CC1. The average molecular weight is 285 g/mol. The largest absolute Gasteiger partial charge is 0.385 e. The van der Waals surface area contributed by atoms with E-state index in [-0.39, 0.29) is 9.64 Å².